The zero-order valence-corrected chi connectivity index (χ0v) is 16.3. The van der Waals surface area contributed by atoms with Gasteiger partial charge in [0.05, 0.1) is 10.6 Å². The molecule has 1 aliphatic rings. The van der Waals surface area contributed by atoms with Gasteiger partial charge in [-0.15, -0.1) is 0 Å². The third-order valence-electron chi connectivity index (χ3n) is 4.39. The molecule has 0 aromatic heterocycles. The van der Waals surface area contributed by atoms with Crippen LogP contribution in [0.5, 0.6) is 0 Å². The highest BCUT2D eigenvalue weighted by atomic mass is 79.9. The van der Waals surface area contributed by atoms with E-state index in [0.29, 0.717) is 17.3 Å². The van der Waals surface area contributed by atoms with Crippen LogP contribution in [0.2, 0.25) is 0 Å². The van der Waals surface area contributed by atoms with Crippen LogP contribution in [0.4, 0.5) is 10.1 Å². The van der Waals surface area contributed by atoms with Crippen molar-refractivity contribution in [2.45, 2.75) is 17.7 Å². The third kappa shape index (κ3) is 4.13. The Balaban J connectivity index is 1.62. The Bertz CT molecular complexity index is 898. The summed E-state index contributed by atoms with van der Waals surface area (Å²) in [4.78, 5) is 12.6. The average molecular weight is 441 g/mol. The number of nitrogens with zero attached hydrogens (tertiary/aromatic N) is 1. The molecule has 2 aromatic rings. The first kappa shape index (κ1) is 19.0. The molecule has 1 fully saturated rings. The quantitative estimate of drug-likeness (QED) is 0.788. The topological polar surface area (TPSA) is 66.5 Å². The Labute approximate surface area is 160 Å². The van der Waals surface area contributed by atoms with Crippen LogP contribution in [0.3, 0.4) is 0 Å². The molecular weight excluding hydrogens is 423 g/mol. The number of carbonyl (C=O) groups excluding carboxylic acids is 1. The van der Waals surface area contributed by atoms with E-state index in [-0.39, 0.29) is 35.5 Å². The van der Waals surface area contributed by atoms with Crippen molar-refractivity contribution in [3.05, 3.63) is 58.8 Å². The standard InChI is InChI=1S/C18H18BrFN2O3S/c19-14-6-7-17(16(20)12-14)21-18(23)13-8-10-22(11-9-13)26(24,25)15-4-2-1-3-5-15/h1-7,12-13H,8-11H2,(H,21,23). The normalized spacial score (nSPS) is 16.4. The summed E-state index contributed by atoms with van der Waals surface area (Å²) >= 11 is 3.17. The number of hydrogen-bond donors (Lipinski definition) is 1. The summed E-state index contributed by atoms with van der Waals surface area (Å²) in [6.45, 7) is 0.524. The number of rotatable bonds is 4. The average Bonchev–Trinajstić information content (AvgIpc) is 2.65. The van der Waals surface area contributed by atoms with Crippen molar-refractivity contribution >= 4 is 37.5 Å². The van der Waals surface area contributed by atoms with Gasteiger partial charge in [0.1, 0.15) is 5.82 Å². The van der Waals surface area contributed by atoms with E-state index in [2.05, 4.69) is 21.2 Å². The van der Waals surface area contributed by atoms with E-state index >= 15 is 0 Å². The lowest BCUT2D eigenvalue weighted by atomic mass is 9.97. The third-order valence-corrected chi connectivity index (χ3v) is 6.80. The molecule has 1 amide bonds. The molecule has 1 heterocycles. The second kappa shape index (κ2) is 7.85. The smallest absolute Gasteiger partial charge is 0.243 e. The Morgan fingerprint density at radius 2 is 1.77 bits per heavy atom. The minimum absolute atomic E-state index is 0.123. The van der Waals surface area contributed by atoms with Gasteiger partial charge in [-0.1, -0.05) is 34.1 Å². The van der Waals surface area contributed by atoms with E-state index in [1.807, 2.05) is 0 Å². The van der Waals surface area contributed by atoms with Crippen molar-refractivity contribution < 1.29 is 17.6 Å². The van der Waals surface area contributed by atoms with Gasteiger partial charge in [0.25, 0.3) is 0 Å². The molecule has 0 radical (unpaired) electrons. The molecular formula is C18H18BrFN2O3S. The van der Waals surface area contributed by atoms with Crippen molar-refractivity contribution in [1.82, 2.24) is 4.31 Å². The van der Waals surface area contributed by atoms with Crippen molar-refractivity contribution in [1.29, 1.82) is 0 Å². The second-order valence-corrected chi connectivity index (χ2v) is 8.96. The summed E-state index contributed by atoms with van der Waals surface area (Å²) in [6.07, 6.45) is 0.798. The molecule has 1 saturated heterocycles. The number of carbonyl (C=O) groups is 1. The lowest BCUT2D eigenvalue weighted by molar-refractivity contribution is -0.120. The summed E-state index contributed by atoms with van der Waals surface area (Å²) in [7, 11) is -3.55. The molecule has 3 rings (SSSR count). The van der Waals surface area contributed by atoms with Gasteiger partial charge in [0, 0.05) is 23.5 Å². The summed E-state index contributed by atoms with van der Waals surface area (Å²) in [6, 6.07) is 12.7. The monoisotopic (exact) mass is 440 g/mol. The first-order valence-electron chi connectivity index (χ1n) is 8.19. The lowest BCUT2D eigenvalue weighted by Crippen LogP contribution is -2.41. The van der Waals surface area contributed by atoms with Crippen LogP contribution >= 0.6 is 15.9 Å². The maximum absolute atomic E-state index is 13.9. The minimum atomic E-state index is -3.55. The number of benzene rings is 2. The number of anilines is 1. The first-order chi connectivity index (χ1) is 12.4. The maximum atomic E-state index is 13.9. The molecule has 1 N–H and O–H groups in total. The molecule has 1 aliphatic heterocycles. The zero-order chi connectivity index (χ0) is 18.7. The number of hydrogen-bond acceptors (Lipinski definition) is 3. The van der Waals surface area contributed by atoms with Crippen molar-refractivity contribution in [2.24, 2.45) is 5.92 Å². The summed E-state index contributed by atoms with van der Waals surface area (Å²) in [5, 5.41) is 2.59. The molecule has 8 heteroatoms. The van der Waals surface area contributed by atoms with Crippen LogP contribution in [-0.2, 0) is 14.8 Å². The van der Waals surface area contributed by atoms with Crippen LogP contribution in [0.1, 0.15) is 12.8 Å². The van der Waals surface area contributed by atoms with Gasteiger partial charge in [0.15, 0.2) is 0 Å². The molecule has 0 bridgehead atoms. The fourth-order valence-electron chi connectivity index (χ4n) is 2.93. The molecule has 138 valence electrons. The Kier molecular flexibility index (Phi) is 5.74. The van der Waals surface area contributed by atoms with Crippen LogP contribution in [0, 0.1) is 11.7 Å². The van der Waals surface area contributed by atoms with Crippen LogP contribution in [-0.4, -0.2) is 31.7 Å². The van der Waals surface area contributed by atoms with Crippen molar-refractivity contribution in [3.8, 4) is 0 Å². The van der Waals surface area contributed by atoms with Gasteiger partial charge in [0.2, 0.25) is 15.9 Å². The van der Waals surface area contributed by atoms with Crippen LogP contribution < -0.4 is 5.32 Å². The predicted octanol–water partition coefficient (Wildman–Crippen LogP) is 3.63. The molecule has 5 nitrogen and oxygen atoms in total. The van der Waals surface area contributed by atoms with Crippen molar-refractivity contribution in [2.75, 3.05) is 18.4 Å². The zero-order valence-electron chi connectivity index (χ0n) is 13.9. The molecule has 0 unspecified atom stereocenters. The summed E-state index contributed by atoms with van der Waals surface area (Å²) in [5.41, 5.74) is 0.123. The van der Waals surface area contributed by atoms with Gasteiger partial charge < -0.3 is 5.32 Å². The Hall–Kier alpha value is -1.77. The van der Waals surface area contributed by atoms with E-state index in [4.69, 9.17) is 0 Å². The predicted molar refractivity (Wildman–Crippen MR) is 101 cm³/mol. The van der Waals surface area contributed by atoms with Gasteiger partial charge in [-0.25, -0.2) is 12.8 Å². The highest BCUT2D eigenvalue weighted by Gasteiger charge is 2.32. The number of sulfonamides is 1. The highest BCUT2D eigenvalue weighted by Crippen LogP contribution is 2.26. The highest BCUT2D eigenvalue weighted by molar-refractivity contribution is 9.10. The number of piperidine rings is 1. The van der Waals surface area contributed by atoms with Gasteiger partial charge in [-0.05, 0) is 43.2 Å². The number of nitrogens with one attached hydrogen (secondary N) is 1. The Morgan fingerprint density at radius 1 is 1.12 bits per heavy atom. The molecule has 26 heavy (non-hydrogen) atoms. The van der Waals surface area contributed by atoms with Crippen LogP contribution in [0.15, 0.2) is 57.9 Å². The first-order valence-corrected chi connectivity index (χ1v) is 10.4. The van der Waals surface area contributed by atoms with Gasteiger partial charge >= 0.3 is 0 Å². The number of amides is 1. The Morgan fingerprint density at radius 3 is 2.38 bits per heavy atom. The van der Waals surface area contributed by atoms with E-state index in [1.54, 1.807) is 36.4 Å². The summed E-state index contributed by atoms with van der Waals surface area (Å²) in [5.74, 6) is -1.15. The van der Waals surface area contributed by atoms with Gasteiger partial charge in [-0.2, -0.15) is 4.31 Å². The fraction of sp³-hybridized carbons (Fsp3) is 0.278. The number of halogens is 2. The van der Waals surface area contributed by atoms with Gasteiger partial charge in [-0.3, -0.25) is 4.79 Å². The van der Waals surface area contributed by atoms with E-state index in [9.17, 15) is 17.6 Å². The molecule has 0 spiro atoms. The van der Waals surface area contributed by atoms with Crippen molar-refractivity contribution in [3.63, 3.8) is 0 Å². The SMILES string of the molecule is O=C(Nc1ccc(Br)cc1F)C1CCN(S(=O)(=O)c2ccccc2)CC1. The maximum Gasteiger partial charge on any atom is 0.243 e. The minimum Gasteiger partial charge on any atom is -0.323 e. The second-order valence-electron chi connectivity index (χ2n) is 6.10. The largest absolute Gasteiger partial charge is 0.323 e. The summed E-state index contributed by atoms with van der Waals surface area (Å²) < 4.78 is 41.0. The van der Waals surface area contributed by atoms with E-state index in [0.717, 1.165) is 0 Å². The fourth-order valence-corrected chi connectivity index (χ4v) is 4.75. The molecule has 0 atom stereocenters. The van der Waals surface area contributed by atoms with E-state index in [1.165, 1.54) is 16.4 Å². The van der Waals surface area contributed by atoms with Crippen LogP contribution in [0.25, 0.3) is 0 Å². The molecule has 0 aliphatic carbocycles. The van der Waals surface area contributed by atoms with E-state index < -0.39 is 15.8 Å². The lowest BCUT2D eigenvalue weighted by Gasteiger charge is -2.30. The molecule has 2 aromatic carbocycles. The molecule has 0 saturated carbocycles.